The van der Waals surface area contributed by atoms with Crippen LogP contribution in [0.2, 0.25) is 0 Å². The summed E-state index contributed by atoms with van der Waals surface area (Å²) in [5.41, 5.74) is 5.37. The fourth-order valence-electron chi connectivity index (χ4n) is 6.92. The van der Waals surface area contributed by atoms with Crippen LogP contribution in [0.25, 0.3) is 0 Å². The number of esters is 2. The number of hydrogen-bond donors (Lipinski definition) is 2. The maximum absolute atomic E-state index is 12.7. The third-order valence-electron chi connectivity index (χ3n) is 10.8. The van der Waals surface area contributed by atoms with Crippen LogP contribution in [0, 0.1) is 0 Å². The lowest BCUT2D eigenvalue weighted by Crippen LogP contribution is -2.29. The molecule has 0 bridgehead atoms. The Morgan fingerprint density at radius 1 is 0.435 bits per heavy atom. The molecule has 0 saturated heterocycles. The molecule has 0 aliphatic carbocycles. The first-order valence-electron chi connectivity index (χ1n) is 27.0. The minimum Gasteiger partial charge on any atom is -0.462 e. The molecule has 0 radical (unpaired) electrons. The number of unbranched alkanes of at least 4 members (excludes halogenated alkanes) is 16. The standard InChI is InChI=1S/C59H98NO8P/c1-3-5-7-9-11-13-15-17-19-21-23-25-27-28-30-32-34-36-38-40-42-44-46-48-50-52-59(62)68-57(56-67-69(63,64)66-54-53-60)55-65-58(61)51-49-47-45-43-41-39-37-35-33-31-29-26-24-22-20-18-16-14-12-10-8-6-4-2/h5-8,11-14,17-20,23-26,28,30-31,33,57H,3-4,9-10,15-16,21-22,27,29,32,34-56,60H2,1-2H3,(H,63,64)/b7-5-,8-6-,13-11-,14-12-,19-17-,20-18-,25-23-,26-24-,30-28-,33-31-. The zero-order valence-electron chi connectivity index (χ0n) is 43.5. The molecule has 0 aliphatic rings. The molecule has 0 spiro atoms. The van der Waals surface area contributed by atoms with E-state index in [1.807, 2.05) is 0 Å². The summed E-state index contributed by atoms with van der Waals surface area (Å²) in [5.74, 6) is -0.856. The van der Waals surface area contributed by atoms with Crippen LogP contribution in [-0.2, 0) is 32.7 Å². The predicted molar refractivity (Wildman–Crippen MR) is 293 cm³/mol. The molecule has 69 heavy (non-hydrogen) atoms. The molecule has 2 atom stereocenters. The van der Waals surface area contributed by atoms with E-state index in [4.69, 9.17) is 24.3 Å². The molecule has 9 nitrogen and oxygen atoms in total. The van der Waals surface area contributed by atoms with Gasteiger partial charge < -0.3 is 20.1 Å². The summed E-state index contributed by atoms with van der Waals surface area (Å²) in [6.07, 6.45) is 73.7. The largest absolute Gasteiger partial charge is 0.472 e. The van der Waals surface area contributed by atoms with Gasteiger partial charge in [-0.1, -0.05) is 212 Å². The second-order valence-corrected chi connectivity index (χ2v) is 18.8. The van der Waals surface area contributed by atoms with Gasteiger partial charge in [0.15, 0.2) is 6.10 Å². The molecule has 2 unspecified atom stereocenters. The van der Waals surface area contributed by atoms with Gasteiger partial charge in [0.05, 0.1) is 13.2 Å². The average Bonchev–Trinajstić information content (AvgIpc) is 3.34. The molecule has 0 rings (SSSR count). The highest BCUT2D eigenvalue weighted by Crippen LogP contribution is 2.43. The normalized spacial score (nSPS) is 14.1. The van der Waals surface area contributed by atoms with Crippen LogP contribution >= 0.6 is 7.82 Å². The van der Waals surface area contributed by atoms with Gasteiger partial charge in [0.2, 0.25) is 0 Å². The highest BCUT2D eigenvalue weighted by molar-refractivity contribution is 7.47. The summed E-state index contributed by atoms with van der Waals surface area (Å²) in [6.45, 7) is 3.48. The summed E-state index contributed by atoms with van der Waals surface area (Å²) in [4.78, 5) is 35.1. The SMILES string of the molecule is CC/C=C\C/C=C\C/C=C\C/C=C\C/C=C\CCCCCCCCCCCC(=O)OC(COC(=O)CCCCCCCCC/C=C\C/C=C\C/C=C\C/C=C\C/C=C\CC)COP(=O)(O)OCCN. The first-order chi connectivity index (χ1) is 33.8. The van der Waals surface area contributed by atoms with Gasteiger partial charge in [-0.3, -0.25) is 18.6 Å². The Hall–Kier alpha value is -3.59. The molecule has 0 amide bonds. The van der Waals surface area contributed by atoms with E-state index in [2.05, 4.69) is 135 Å². The van der Waals surface area contributed by atoms with Crippen LogP contribution < -0.4 is 5.73 Å². The van der Waals surface area contributed by atoms with Crippen molar-refractivity contribution in [2.24, 2.45) is 5.73 Å². The van der Waals surface area contributed by atoms with Crippen LogP contribution in [0.15, 0.2) is 122 Å². The minimum atomic E-state index is -4.40. The van der Waals surface area contributed by atoms with Crippen LogP contribution in [0.3, 0.4) is 0 Å². The zero-order chi connectivity index (χ0) is 50.2. The van der Waals surface area contributed by atoms with Crippen LogP contribution in [0.4, 0.5) is 0 Å². The summed E-state index contributed by atoms with van der Waals surface area (Å²) < 4.78 is 33.0. The van der Waals surface area contributed by atoms with Crippen molar-refractivity contribution in [2.45, 2.75) is 213 Å². The van der Waals surface area contributed by atoms with Crippen molar-refractivity contribution in [2.75, 3.05) is 26.4 Å². The molecule has 0 fully saturated rings. The predicted octanol–water partition coefficient (Wildman–Crippen LogP) is 16.8. The Balaban J connectivity index is 4.09. The van der Waals surface area contributed by atoms with Gasteiger partial charge in [0.25, 0.3) is 0 Å². The monoisotopic (exact) mass is 980 g/mol. The van der Waals surface area contributed by atoms with Crippen molar-refractivity contribution in [1.82, 2.24) is 0 Å². The van der Waals surface area contributed by atoms with Crippen molar-refractivity contribution in [1.29, 1.82) is 0 Å². The van der Waals surface area contributed by atoms with Gasteiger partial charge in [0, 0.05) is 19.4 Å². The van der Waals surface area contributed by atoms with Crippen molar-refractivity contribution in [3.63, 3.8) is 0 Å². The molecular formula is C59H98NO8P. The molecule has 0 aromatic rings. The second-order valence-electron chi connectivity index (χ2n) is 17.3. The van der Waals surface area contributed by atoms with Crippen LogP contribution in [0.1, 0.15) is 206 Å². The highest BCUT2D eigenvalue weighted by atomic mass is 31.2. The molecule has 3 N–H and O–H groups in total. The van der Waals surface area contributed by atoms with E-state index in [-0.39, 0.29) is 32.6 Å². The van der Waals surface area contributed by atoms with E-state index >= 15 is 0 Å². The molecule has 0 saturated carbocycles. The van der Waals surface area contributed by atoms with Gasteiger partial charge in [-0.2, -0.15) is 0 Å². The molecule has 392 valence electrons. The van der Waals surface area contributed by atoms with E-state index in [9.17, 15) is 19.0 Å². The molecule has 0 aromatic carbocycles. The Morgan fingerprint density at radius 3 is 1.12 bits per heavy atom. The van der Waals surface area contributed by atoms with Gasteiger partial charge in [-0.05, 0) is 103 Å². The number of ether oxygens (including phenoxy) is 2. The van der Waals surface area contributed by atoms with Gasteiger partial charge in [-0.15, -0.1) is 0 Å². The van der Waals surface area contributed by atoms with E-state index in [1.54, 1.807) is 0 Å². The lowest BCUT2D eigenvalue weighted by atomic mass is 10.1. The van der Waals surface area contributed by atoms with Crippen molar-refractivity contribution < 1.29 is 37.6 Å². The van der Waals surface area contributed by atoms with E-state index in [0.717, 1.165) is 116 Å². The zero-order valence-corrected chi connectivity index (χ0v) is 44.4. The topological polar surface area (TPSA) is 134 Å². The number of allylic oxidation sites excluding steroid dienone is 20. The van der Waals surface area contributed by atoms with Gasteiger partial charge in [0.1, 0.15) is 6.61 Å². The first kappa shape index (κ1) is 65.4. The summed E-state index contributed by atoms with van der Waals surface area (Å²) in [5, 5.41) is 0. The quantitative estimate of drug-likeness (QED) is 0.0264. The maximum atomic E-state index is 12.7. The number of phosphoric ester groups is 1. The molecule has 10 heteroatoms. The third-order valence-corrected chi connectivity index (χ3v) is 11.8. The number of carbonyl (C=O) groups is 2. The summed E-state index contributed by atoms with van der Waals surface area (Å²) in [7, 11) is -4.40. The fraction of sp³-hybridized carbons (Fsp3) is 0.627. The van der Waals surface area contributed by atoms with Crippen molar-refractivity contribution in [3.8, 4) is 0 Å². The van der Waals surface area contributed by atoms with Crippen LogP contribution in [-0.4, -0.2) is 49.3 Å². The number of hydrogen-bond acceptors (Lipinski definition) is 8. The fourth-order valence-corrected chi connectivity index (χ4v) is 7.69. The lowest BCUT2D eigenvalue weighted by Gasteiger charge is -2.19. The Kier molecular flexibility index (Phi) is 51.0. The molecule has 0 heterocycles. The summed E-state index contributed by atoms with van der Waals surface area (Å²) >= 11 is 0. The Morgan fingerprint density at radius 2 is 0.754 bits per heavy atom. The molecule has 0 aliphatic heterocycles. The number of rotatable bonds is 49. The molecule has 0 aromatic heterocycles. The van der Waals surface area contributed by atoms with Crippen molar-refractivity contribution >= 4 is 19.8 Å². The lowest BCUT2D eigenvalue weighted by molar-refractivity contribution is -0.161. The summed E-state index contributed by atoms with van der Waals surface area (Å²) in [6, 6.07) is 0. The third kappa shape index (κ3) is 53.6. The number of phosphoric acid groups is 1. The van der Waals surface area contributed by atoms with E-state index in [0.29, 0.717) is 12.8 Å². The van der Waals surface area contributed by atoms with Crippen LogP contribution in [0.5, 0.6) is 0 Å². The van der Waals surface area contributed by atoms with Gasteiger partial charge in [-0.25, -0.2) is 4.57 Å². The first-order valence-corrected chi connectivity index (χ1v) is 28.5. The average molecular weight is 980 g/mol. The highest BCUT2D eigenvalue weighted by Gasteiger charge is 2.26. The van der Waals surface area contributed by atoms with E-state index < -0.39 is 32.5 Å². The smallest absolute Gasteiger partial charge is 0.462 e. The minimum absolute atomic E-state index is 0.0438. The number of nitrogens with two attached hydrogens (primary N) is 1. The Labute approximate surface area is 421 Å². The maximum Gasteiger partial charge on any atom is 0.472 e. The molecular weight excluding hydrogens is 882 g/mol. The number of carbonyl (C=O) groups excluding carboxylic acids is 2. The van der Waals surface area contributed by atoms with Crippen molar-refractivity contribution in [3.05, 3.63) is 122 Å². The van der Waals surface area contributed by atoms with Gasteiger partial charge >= 0.3 is 19.8 Å². The Bertz CT molecular complexity index is 1540. The van der Waals surface area contributed by atoms with E-state index in [1.165, 1.54) is 51.4 Å². The second kappa shape index (κ2) is 53.8.